The van der Waals surface area contributed by atoms with E-state index in [2.05, 4.69) is 24.4 Å². The van der Waals surface area contributed by atoms with Gasteiger partial charge in [0.2, 0.25) is 0 Å². The van der Waals surface area contributed by atoms with Gasteiger partial charge in [0.1, 0.15) is 0 Å². The summed E-state index contributed by atoms with van der Waals surface area (Å²) in [6, 6.07) is 14.0. The molecule has 4 heteroatoms. The van der Waals surface area contributed by atoms with Crippen LogP contribution in [0.5, 0.6) is 0 Å². The second-order valence-electron chi connectivity index (χ2n) is 4.38. The van der Waals surface area contributed by atoms with Crippen LogP contribution in [0.2, 0.25) is 10.0 Å². The first kappa shape index (κ1) is 15.7. The van der Waals surface area contributed by atoms with Gasteiger partial charge in [0.05, 0.1) is 0 Å². The molecule has 2 aromatic carbocycles. The van der Waals surface area contributed by atoms with Crippen molar-refractivity contribution >= 4 is 35.0 Å². The van der Waals surface area contributed by atoms with Gasteiger partial charge >= 0.3 is 0 Å². The van der Waals surface area contributed by atoms with Gasteiger partial charge in [-0.05, 0) is 35.9 Å². The van der Waals surface area contributed by atoms with Crippen LogP contribution in [-0.4, -0.2) is 6.54 Å². The van der Waals surface area contributed by atoms with Crippen LogP contribution in [0.25, 0.3) is 0 Å². The lowest BCUT2D eigenvalue weighted by atomic mass is 10.2. The van der Waals surface area contributed by atoms with Crippen LogP contribution < -0.4 is 5.32 Å². The second kappa shape index (κ2) is 7.94. The van der Waals surface area contributed by atoms with Crippen LogP contribution >= 0.6 is 35.0 Å². The molecular formula is C16H17Cl2NS. The van der Waals surface area contributed by atoms with Crippen molar-refractivity contribution in [1.82, 2.24) is 5.32 Å². The summed E-state index contributed by atoms with van der Waals surface area (Å²) in [6.07, 6.45) is 0. The summed E-state index contributed by atoms with van der Waals surface area (Å²) in [7, 11) is 0. The molecule has 0 fully saturated rings. The number of thioether (sulfide) groups is 1. The Hall–Kier alpha value is -0.670. The molecule has 0 aliphatic rings. The molecule has 2 aromatic rings. The van der Waals surface area contributed by atoms with Crippen molar-refractivity contribution in [3.05, 3.63) is 63.6 Å². The Bertz CT molecular complexity index is 572. The first-order valence-corrected chi connectivity index (χ1v) is 8.30. The molecule has 20 heavy (non-hydrogen) atoms. The summed E-state index contributed by atoms with van der Waals surface area (Å²) >= 11 is 14.3. The topological polar surface area (TPSA) is 12.0 Å². The molecule has 0 amide bonds. The molecule has 0 saturated heterocycles. The number of hydrogen-bond donors (Lipinski definition) is 1. The molecule has 106 valence electrons. The molecule has 0 aliphatic heterocycles. The fraction of sp³-hybridized carbons (Fsp3) is 0.250. The van der Waals surface area contributed by atoms with Gasteiger partial charge in [-0.25, -0.2) is 0 Å². The summed E-state index contributed by atoms with van der Waals surface area (Å²) in [5.41, 5.74) is 2.31. The van der Waals surface area contributed by atoms with Crippen molar-refractivity contribution in [2.45, 2.75) is 24.1 Å². The highest BCUT2D eigenvalue weighted by Gasteiger charge is 2.08. The zero-order chi connectivity index (χ0) is 14.4. The molecule has 0 spiro atoms. The van der Waals surface area contributed by atoms with Crippen molar-refractivity contribution in [2.75, 3.05) is 6.54 Å². The average molecular weight is 326 g/mol. The summed E-state index contributed by atoms with van der Waals surface area (Å²) in [5, 5.41) is 4.96. The van der Waals surface area contributed by atoms with E-state index in [1.165, 1.54) is 4.90 Å². The van der Waals surface area contributed by atoms with E-state index in [4.69, 9.17) is 23.2 Å². The van der Waals surface area contributed by atoms with Crippen LogP contribution in [0.15, 0.2) is 47.4 Å². The SMILES string of the molecule is CCNCc1c(Cl)cccc1SCc1ccccc1Cl. The van der Waals surface area contributed by atoms with Crippen LogP contribution in [0.4, 0.5) is 0 Å². The number of hydrogen-bond acceptors (Lipinski definition) is 2. The maximum atomic E-state index is 6.30. The van der Waals surface area contributed by atoms with E-state index in [0.717, 1.165) is 40.0 Å². The summed E-state index contributed by atoms with van der Waals surface area (Å²) in [6.45, 7) is 3.81. The van der Waals surface area contributed by atoms with E-state index in [1.54, 1.807) is 11.8 Å². The molecule has 0 aliphatic carbocycles. The molecule has 0 radical (unpaired) electrons. The van der Waals surface area contributed by atoms with E-state index >= 15 is 0 Å². The van der Waals surface area contributed by atoms with E-state index in [1.807, 2.05) is 30.3 Å². The standard InChI is InChI=1S/C16H17Cl2NS/c1-2-19-10-13-15(18)8-5-9-16(13)20-11-12-6-3-4-7-14(12)17/h3-9,19H,2,10-11H2,1H3. The monoisotopic (exact) mass is 325 g/mol. The predicted octanol–water partition coefficient (Wildman–Crippen LogP) is 5.40. The van der Waals surface area contributed by atoms with Crippen LogP contribution in [-0.2, 0) is 12.3 Å². The smallest absolute Gasteiger partial charge is 0.0462 e. The highest BCUT2D eigenvalue weighted by atomic mass is 35.5. The van der Waals surface area contributed by atoms with E-state index < -0.39 is 0 Å². The molecular weight excluding hydrogens is 309 g/mol. The summed E-state index contributed by atoms with van der Waals surface area (Å²) in [4.78, 5) is 1.21. The molecule has 1 N–H and O–H groups in total. The third kappa shape index (κ3) is 4.16. The van der Waals surface area contributed by atoms with Crippen LogP contribution in [0, 0.1) is 0 Å². The number of nitrogens with one attached hydrogen (secondary N) is 1. The van der Waals surface area contributed by atoms with Crippen molar-refractivity contribution in [3.63, 3.8) is 0 Å². The number of benzene rings is 2. The minimum Gasteiger partial charge on any atom is -0.313 e. The molecule has 1 nitrogen and oxygen atoms in total. The first-order chi connectivity index (χ1) is 9.72. The van der Waals surface area contributed by atoms with Crippen molar-refractivity contribution in [1.29, 1.82) is 0 Å². The normalized spacial score (nSPS) is 10.8. The second-order valence-corrected chi connectivity index (χ2v) is 6.21. The minimum absolute atomic E-state index is 0.793. The Morgan fingerprint density at radius 2 is 1.75 bits per heavy atom. The summed E-state index contributed by atoms with van der Waals surface area (Å²) < 4.78 is 0. The number of rotatable bonds is 6. The van der Waals surface area contributed by atoms with Gasteiger partial charge < -0.3 is 5.32 Å². The fourth-order valence-corrected chi connectivity index (χ4v) is 3.54. The van der Waals surface area contributed by atoms with Crippen molar-refractivity contribution < 1.29 is 0 Å². The highest BCUT2D eigenvalue weighted by Crippen LogP contribution is 2.32. The van der Waals surface area contributed by atoms with Gasteiger partial charge in [-0.1, -0.05) is 54.4 Å². The maximum absolute atomic E-state index is 6.30. The van der Waals surface area contributed by atoms with Gasteiger partial charge in [-0.3, -0.25) is 0 Å². The molecule has 0 aromatic heterocycles. The quantitative estimate of drug-likeness (QED) is 0.714. The molecule has 0 atom stereocenters. The Kier molecular flexibility index (Phi) is 6.24. The van der Waals surface area contributed by atoms with E-state index in [0.29, 0.717) is 0 Å². The Morgan fingerprint density at radius 3 is 2.50 bits per heavy atom. The Morgan fingerprint density at radius 1 is 1.00 bits per heavy atom. The maximum Gasteiger partial charge on any atom is 0.0462 e. The molecule has 0 bridgehead atoms. The largest absolute Gasteiger partial charge is 0.313 e. The zero-order valence-electron chi connectivity index (χ0n) is 11.3. The summed E-state index contributed by atoms with van der Waals surface area (Å²) in [5.74, 6) is 0.846. The number of halogens is 2. The Balaban J connectivity index is 2.13. The minimum atomic E-state index is 0.793. The van der Waals surface area contributed by atoms with Gasteiger partial charge in [0.25, 0.3) is 0 Å². The molecule has 0 saturated carbocycles. The van der Waals surface area contributed by atoms with Gasteiger partial charge in [0, 0.05) is 27.2 Å². The molecule has 0 unspecified atom stereocenters. The first-order valence-electron chi connectivity index (χ1n) is 6.56. The molecule has 2 rings (SSSR count). The lowest BCUT2D eigenvalue weighted by Gasteiger charge is -2.12. The van der Waals surface area contributed by atoms with E-state index in [-0.39, 0.29) is 0 Å². The lowest BCUT2D eigenvalue weighted by molar-refractivity contribution is 0.718. The zero-order valence-corrected chi connectivity index (χ0v) is 13.7. The van der Waals surface area contributed by atoms with Gasteiger partial charge in [0.15, 0.2) is 0 Å². The Labute approximate surface area is 134 Å². The van der Waals surface area contributed by atoms with Crippen LogP contribution in [0.3, 0.4) is 0 Å². The predicted molar refractivity (Wildman–Crippen MR) is 89.8 cm³/mol. The van der Waals surface area contributed by atoms with Crippen LogP contribution in [0.1, 0.15) is 18.1 Å². The van der Waals surface area contributed by atoms with E-state index in [9.17, 15) is 0 Å². The average Bonchev–Trinajstić information content (AvgIpc) is 2.45. The lowest BCUT2D eigenvalue weighted by Crippen LogP contribution is -2.12. The third-order valence-corrected chi connectivity index (χ3v) is 4.84. The van der Waals surface area contributed by atoms with Crippen molar-refractivity contribution in [3.8, 4) is 0 Å². The fourth-order valence-electron chi connectivity index (χ4n) is 1.87. The molecule has 0 heterocycles. The van der Waals surface area contributed by atoms with Gasteiger partial charge in [-0.2, -0.15) is 0 Å². The third-order valence-electron chi connectivity index (χ3n) is 2.97. The highest BCUT2D eigenvalue weighted by molar-refractivity contribution is 7.98. The van der Waals surface area contributed by atoms with Gasteiger partial charge in [-0.15, -0.1) is 11.8 Å². The van der Waals surface area contributed by atoms with Crippen molar-refractivity contribution in [2.24, 2.45) is 0 Å².